The largest absolute Gasteiger partial charge is 1.20 e. The van der Waals surface area contributed by atoms with Gasteiger partial charge in [0.1, 0.15) is 22.5 Å². The minimum atomic E-state index is -2.91. The Labute approximate surface area is 300 Å². The van der Waals surface area contributed by atoms with Gasteiger partial charge in [0.05, 0.1) is 16.8 Å². The summed E-state index contributed by atoms with van der Waals surface area (Å²) < 4.78 is 22.1. The first-order valence-corrected chi connectivity index (χ1v) is 18.4. The number of para-hydroxylation sites is 4. The SMILES string of the molecule is Cc1ccc2cccc([O][Al]([O]c3ccc(-c4ccc(-n5c6ccccc6c6ccccc65)cc4)cc3)[O]c3cccc4ccc(C)nc34)c2n1. The van der Waals surface area contributed by atoms with E-state index in [0.717, 1.165) is 50.0 Å². The molecule has 0 amide bonds. The van der Waals surface area contributed by atoms with E-state index >= 15 is 0 Å². The molecule has 51 heavy (non-hydrogen) atoms. The van der Waals surface area contributed by atoms with Gasteiger partial charge in [0, 0.05) is 38.6 Å². The third-order valence-corrected chi connectivity index (χ3v) is 10.6. The van der Waals surface area contributed by atoms with Crippen LogP contribution in [-0.4, -0.2) is 29.7 Å². The number of aromatic nitrogens is 3. The molecule has 0 fully saturated rings. The van der Waals surface area contributed by atoms with Crippen LogP contribution in [0.3, 0.4) is 0 Å². The summed E-state index contributed by atoms with van der Waals surface area (Å²) in [6.45, 7) is 3.95. The average molecular weight is 678 g/mol. The van der Waals surface area contributed by atoms with Crippen LogP contribution in [0.2, 0.25) is 0 Å². The fourth-order valence-electron chi connectivity index (χ4n) is 6.75. The Morgan fingerprint density at radius 2 is 0.941 bits per heavy atom. The van der Waals surface area contributed by atoms with Crippen molar-refractivity contribution in [3.63, 3.8) is 0 Å². The normalized spacial score (nSPS) is 11.3. The minimum Gasteiger partial charge on any atom is -0.577 e. The van der Waals surface area contributed by atoms with Crippen molar-refractivity contribution in [2.45, 2.75) is 13.8 Å². The molecule has 0 radical (unpaired) electrons. The fraction of sp³-hybridized carbons (Fsp3) is 0.0455. The molecule has 0 N–H and O–H groups in total. The second-order valence-corrected chi connectivity index (χ2v) is 13.9. The summed E-state index contributed by atoms with van der Waals surface area (Å²) in [6.07, 6.45) is 0. The Morgan fingerprint density at radius 1 is 0.451 bits per heavy atom. The van der Waals surface area contributed by atoms with Crippen molar-refractivity contribution in [3.8, 4) is 34.1 Å². The number of fused-ring (bicyclic) bond motifs is 5. The maximum atomic E-state index is 6.60. The first-order chi connectivity index (χ1) is 25.1. The summed E-state index contributed by atoms with van der Waals surface area (Å²) in [5.41, 5.74) is 9.07. The molecule has 0 atom stereocenters. The molecule has 0 bridgehead atoms. The van der Waals surface area contributed by atoms with Crippen molar-refractivity contribution in [2.75, 3.05) is 0 Å². The molecule has 0 saturated carbocycles. The van der Waals surface area contributed by atoms with Crippen LogP contribution < -0.4 is 11.4 Å². The number of rotatable bonds is 8. The van der Waals surface area contributed by atoms with Gasteiger partial charge in [-0.2, -0.15) is 0 Å². The standard InChI is InChI=1S/C24H17NO.2C10H9NO.Al/c26-20-15-11-18(12-16-20)17-9-13-19(14-10-17)25-23-7-3-1-5-21(23)22-6-2-4-8-24(22)25;2*1-7-5-6-8-3-2-4-9(12)10(8)11-7;/h1-16,26H;2*2-6,12H,1H3;/q;;;+3/p-3. The number of nitrogens with zero attached hydrogens (tertiary/aromatic N) is 3. The molecule has 9 aromatic rings. The molecule has 244 valence electrons. The van der Waals surface area contributed by atoms with Crippen LogP contribution in [0.1, 0.15) is 11.4 Å². The number of pyridine rings is 2. The zero-order valence-corrected chi connectivity index (χ0v) is 29.3. The molecule has 6 nitrogen and oxygen atoms in total. The molecule has 3 aromatic heterocycles. The van der Waals surface area contributed by atoms with Crippen molar-refractivity contribution in [3.05, 3.63) is 169 Å². The molecule has 6 aromatic carbocycles. The van der Waals surface area contributed by atoms with Crippen LogP contribution in [-0.2, 0) is 0 Å². The highest BCUT2D eigenvalue weighted by molar-refractivity contribution is 6.40. The summed E-state index contributed by atoms with van der Waals surface area (Å²) in [6, 6.07) is 53.8. The van der Waals surface area contributed by atoms with E-state index in [0.29, 0.717) is 17.2 Å². The van der Waals surface area contributed by atoms with E-state index in [4.69, 9.17) is 21.3 Å². The van der Waals surface area contributed by atoms with Crippen LogP contribution in [0.25, 0.3) is 60.4 Å². The molecular weight excluding hydrogens is 645 g/mol. The summed E-state index contributed by atoms with van der Waals surface area (Å²) in [5.74, 6) is 1.90. The van der Waals surface area contributed by atoms with Crippen LogP contribution in [0.4, 0.5) is 0 Å². The van der Waals surface area contributed by atoms with Crippen LogP contribution in [0.5, 0.6) is 17.2 Å². The highest BCUT2D eigenvalue weighted by Gasteiger charge is 2.45. The number of aryl methyl sites for hydroxylation is 2. The molecular formula is C44H32AlN3O3. The third-order valence-electron chi connectivity index (χ3n) is 9.22. The van der Waals surface area contributed by atoms with Gasteiger partial charge in [-0.05, 0) is 85.6 Å². The van der Waals surface area contributed by atoms with E-state index in [9.17, 15) is 0 Å². The Kier molecular flexibility index (Phi) is 7.85. The number of hydrogen-bond donors (Lipinski definition) is 0. The Hall–Kier alpha value is -6.13. The molecule has 3 heterocycles. The lowest BCUT2D eigenvalue weighted by Crippen LogP contribution is -2.37. The molecule has 9 rings (SSSR count). The first-order valence-electron chi connectivity index (χ1n) is 17.0. The van der Waals surface area contributed by atoms with E-state index in [1.807, 2.05) is 74.5 Å². The Bertz CT molecular complexity index is 2570. The van der Waals surface area contributed by atoms with Crippen LogP contribution in [0, 0.1) is 13.8 Å². The minimum absolute atomic E-state index is 0.622. The van der Waals surface area contributed by atoms with Gasteiger partial charge in [-0.3, -0.25) is 0 Å². The van der Waals surface area contributed by atoms with Crippen molar-refractivity contribution < 1.29 is 11.4 Å². The smallest absolute Gasteiger partial charge is 0.577 e. The zero-order valence-electron chi connectivity index (χ0n) is 28.2. The summed E-state index contributed by atoms with van der Waals surface area (Å²) in [5, 5.41) is 4.48. The van der Waals surface area contributed by atoms with E-state index in [1.54, 1.807) is 0 Å². The second-order valence-electron chi connectivity index (χ2n) is 12.6. The quantitative estimate of drug-likeness (QED) is 0.150. The predicted octanol–water partition coefficient (Wildman–Crippen LogP) is 10.7. The van der Waals surface area contributed by atoms with Gasteiger partial charge in [0.2, 0.25) is 0 Å². The van der Waals surface area contributed by atoms with E-state index in [-0.39, 0.29) is 0 Å². The van der Waals surface area contributed by atoms with E-state index in [1.165, 1.54) is 21.8 Å². The molecule has 0 unspecified atom stereocenters. The van der Waals surface area contributed by atoms with Crippen molar-refractivity contribution >= 4 is 58.8 Å². The molecule has 0 spiro atoms. The van der Waals surface area contributed by atoms with Gasteiger partial charge in [0.25, 0.3) is 0 Å². The van der Waals surface area contributed by atoms with E-state index in [2.05, 4.69) is 102 Å². The molecule has 0 aliphatic rings. The number of hydrogen-bond acceptors (Lipinski definition) is 5. The number of benzene rings is 6. The maximum absolute atomic E-state index is 6.60. The Balaban J connectivity index is 1.02. The highest BCUT2D eigenvalue weighted by Crippen LogP contribution is 2.33. The lowest BCUT2D eigenvalue weighted by Gasteiger charge is -2.18. The van der Waals surface area contributed by atoms with Gasteiger partial charge in [-0.15, -0.1) is 0 Å². The second kappa shape index (κ2) is 13.0. The summed E-state index contributed by atoms with van der Waals surface area (Å²) >= 11 is -2.91. The summed E-state index contributed by atoms with van der Waals surface area (Å²) in [7, 11) is 0. The summed E-state index contributed by atoms with van der Waals surface area (Å²) in [4.78, 5) is 9.55. The monoisotopic (exact) mass is 677 g/mol. The van der Waals surface area contributed by atoms with Crippen molar-refractivity contribution in [1.29, 1.82) is 0 Å². The third kappa shape index (κ3) is 5.93. The van der Waals surface area contributed by atoms with Crippen LogP contribution in [0.15, 0.2) is 158 Å². The predicted molar refractivity (Wildman–Crippen MR) is 207 cm³/mol. The van der Waals surface area contributed by atoms with Crippen molar-refractivity contribution in [2.24, 2.45) is 0 Å². The lowest BCUT2D eigenvalue weighted by atomic mass is 10.1. The van der Waals surface area contributed by atoms with Gasteiger partial charge in [0.15, 0.2) is 0 Å². The van der Waals surface area contributed by atoms with Gasteiger partial charge in [-0.1, -0.05) is 97.1 Å². The average Bonchev–Trinajstić information content (AvgIpc) is 3.50. The van der Waals surface area contributed by atoms with Gasteiger partial charge < -0.3 is 15.9 Å². The van der Waals surface area contributed by atoms with E-state index < -0.39 is 15.1 Å². The molecule has 7 heteroatoms. The maximum Gasteiger partial charge on any atom is 1.20 e. The van der Waals surface area contributed by atoms with Gasteiger partial charge >= 0.3 is 15.1 Å². The zero-order chi connectivity index (χ0) is 34.3. The molecule has 0 aliphatic carbocycles. The highest BCUT2D eigenvalue weighted by atomic mass is 27.3. The fourth-order valence-corrected chi connectivity index (χ4v) is 8.06. The molecule has 0 aliphatic heterocycles. The van der Waals surface area contributed by atoms with Gasteiger partial charge in [-0.25, -0.2) is 9.97 Å². The topological polar surface area (TPSA) is 58.4 Å². The van der Waals surface area contributed by atoms with Crippen LogP contribution >= 0.6 is 0 Å². The lowest BCUT2D eigenvalue weighted by molar-refractivity contribution is 0.310. The van der Waals surface area contributed by atoms with Crippen molar-refractivity contribution in [1.82, 2.24) is 14.5 Å². The first kappa shape index (κ1) is 30.9. The molecule has 0 saturated heterocycles. The Morgan fingerprint density at radius 3 is 1.47 bits per heavy atom.